The number of hydrogen-bond donors (Lipinski definition) is 0. The third-order valence-electron chi connectivity index (χ3n) is 4.85. The highest BCUT2D eigenvalue weighted by molar-refractivity contribution is 7.98. The van der Waals surface area contributed by atoms with Crippen molar-refractivity contribution in [1.82, 2.24) is 29.9 Å². The van der Waals surface area contributed by atoms with Gasteiger partial charge in [0, 0.05) is 17.5 Å². The molecule has 144 valence electrons. The number of thioether (sulfide) groups is 1. The molecular formula is C21H18N6OS. The summed E-state index contributed by atoms with van der Waals surface area (Å²) in [6.07, 6.45) is 0. The van der Waals surface area contributed by atoms with Crippen molar-refractivity contribution in [3.05, 3.63) is 60.0 Å². The summed E-state index contributed by atoms with van der Waals surface area (Å²) in [4.78, 5) is 9.25. The average Bonchev–Trinajstić information content (AvgIpc) is 3.34. The number of para-hydroxylation sites is 1. The van der Waals surface area contributed by atoms with Gasteiger partial charge in [0.25, 0.3) is 0 Å². The zero-order valence-corrected chi connectivity index (χ0v) is 16.8. The van der Waals surface area contributed by atoms with Crippen molar-refractivity contribution in [2.24, 2.45) is 0 Å². The van der Waals surface area contributed by atoms with Crippen LogP contribution in [0.5, 0.6) is 0 Å². The van der Waals surface area contributed by atoms with Crippen molar-refractivity contribution in [3.63, 3.8) is 0 Å². The van der Waals surface area contributed by atoms with Crippen LogP contribution < -0.4 is 0 Å². The summed E-state index contributed by atoms with van der Waals surface area (Å²) in [5.41, 5.74) is 4.87. The Balaban J connectivity index is 1.41. The quantitative estimate of drug-likeness (QED) is 0.396. The Bertz CT molecular complexity index is 1330. The topological polar surface area (TPSA) is 82.5 Å². The van der Waals surface area contributed by atoms with Crippen molar-refractivity contribution < 1.29 is 4.52 Å². The summed E-state index contributed by atoms with van der Waals surface area (Å²) < 4.78 is 7.57. The first-order chi connectivity index (χ1) is 14.2. The summed E-state index contributed by atoms with van der Waals surface area (Å²) in [5.74, 6) is 1.62. The first kappa shape index (κ1) is 17.8. The number of hydrogen-bond acceptors (Lipinski definition) is 7. The third kappa shape index (κ3) is 3.15. The third-order valence-corrected chi connectivity index (χ3v) is 5.67. The van der Waals surface area contributed by atoms with E-state index in [0.717, 1.165) is 39.7 Å². The average molecular weight is 402 g/mol. The van der Waals surface area contributed by atoms with E-state index < -0.39 is 0 Å². The maximum absolute atomic E-state index is 5.41. The van der Waals surface area contributed by atoms with E-state index in [1.54, 1.807) is 0 Å². The van der Waals surface area contributed by atoms with Crippen LogP contribution in [0.2, 0.25) is 0 Å². The van der Waals surface area contributed by atoms with Crippen LogP contribution in [0.3, 0.4) is 0 Å². The Labute approximate surface area is 171 Å². The summed E-state index contributed by atoms with van der Waals surface area (Å²) in [6, 6.07) is 16.1. The maximum Gasteiger partial charge on any atom is 0.237 e. The van der Waals surface area contributed by atoms with Crippen LogP contribution in [0.1, 0.15) is 18.4 Å². The molecule has 0 saturated carbocycles. The second kappa shape index (κ2) is 7.29. The fourth-order valence-corrected chi connectivity index (χ4v) is 4.06. The lowest BCUT2D eigenvalue weighted by Gasteiger charge is -2.02. The molecule has 29 heavy (non-hydrogen) atoms. The molecule has 0 amide bonds. The number of benzene rings is 2. The van der Waals surface area contributed by atoms with Gasteiger partial charge in [-0.05, 0) is 25.5 Å². The SMILES string of the molecule is CCn1c2ccccc2c2nnc(SCc3nc(-c4ccccc4C)no3)nc21. The van der Waals surface area contributed by atoms with Crippen molar-refractivity contribution in [2.45, 2.75) is 31.3 Å². The van der Waals surface area contributed by atoms with Gasteiger partial charge in [0.05, 0.1) is 11.3 Å². The largest absolute Gasteiger partial charge is 0.338 e. The van der Waals surface area contributed by atoms with Crippen molar-refractivity contribution in [1.29, 1.82) is 0 Å². The van der Waals surface area contributed by atoms with E-state index in [1.807, 2.05) is 43.3 Å². The van der Waals surface area contributed by atoms with E-state index in [4.69, 9.17) is 9.51 Å². The summed E-state index contributed by atoms with van der Waals surface area (Å²) in [6.45, 7) is 4.95. The van der Waals surface area contributed by atoms with Crippen LogP contribution in [0.4, 0.5) is 0 Å². The fraction of sp³-hybridized carbons (Fsp3) is 0.190. The molecule has 3 heterocycles. The normalized spacial score (nSPS) is 11.5. The Morgan fingerprint density at radius 1 is 1.00 bits per heavy atom. The molecule has 0 radical (unpaired) electrons. The molecule has 0 fully saturated rings. The Kier molecular flexibility index (Phi) is 4.48. The molecule has 0 N–H and O–H groups in total. The van der Waals surface area contributed by atoms with Gasteiger partial charge in [-0.3, -0.25) is 0 Å². The van der Waals surface area contributed by atoms with Crippen molar-refractivity contribution in [3.8, 4) is 11.4 Å². The lowest BCUT2D eigenvalue weighted by Crippen LogP contribution is -1.98. The molecule has 7 nitrogen and oxygen atoms in total. The zero-order chi connectivity index (χ0) is 19.8. The van der Waals surface area contributed by atoms with Gasteiger partial charge in [0.1, 0.15) is 5.52 Å². The molecule has 0 atom stereocenters. The summed E-state index contributed by atoms with van der Waals surface area (Å²) in [7, 11) is 0. The van der Waals surface area contributed by atoms with Crippen LogP contribution in [-0.2, 0) is 12.3 Å². The minimum absolute atomic E-state index is 0.485. The first-order valence-corrected chi connectivity index (χ1v) is 10.4. The first-order valence-electron chi connectivity index (χ1n) is 9.37. The summed E-state index contributed by atoms with van der Waals surface area (Å²) in [5, 5.41) is 14.5. The molecule has 0 bridgehead atoms. The van der Waals surface area contributed by atoms with Crippen LogP contribution in [0, 0.1) is 6.92 Å². The highest BCUT2D eigenvalue weighted by atomic mass is 32.2. The molecule has 8 heteroatoms. The monoisotopic (exact) mass is 402 g/mol. The van der Waals surface area contributed by atoms with E-state index >= 15 is 0 Å². The number of aromatic nitrogens is 6. The molecule has 5 rings (SSSR count). The van der Waals surface area contributed by atoms with Gasteiger partial charge in [-0.2, -0.15) is 4.98 Å². The smallest absolute Gasteiger partial charge is 0.237 e. The predicted octanol–water partition coefficient (Wildman–Crippen LogP) is 4.65. The van der Waals surface area contributed by atoms with Crippen molar-refractivity contribution >= 4 is 33.8 Å². The Morgan fingerprint density at radius 3 is 2.69 bits per heavy atom. The van der Waals surface area contributed by atoms with Crippen LogP contribution in [0.25, 0.3) is 33.5 Å². The van der Waals surface area contributed by atoms with Gasteiger partial charge in [-0.1, -0.05) is 59.4 Å². The Morgan fingerprint density at radius 2 is 1.83 bits per heavy atom. The number of rotatable bonds is 5. The van der Waals surface area contributed by atoms with Gasteiger partial charge < -0.3 is 9.09 Å². The zero-order valence-electron chi connectivity index (χ0n) is 16.0. The maximum atomic E-state index is 5.41. The van der Waals surface area contributed by atoms with Gasteiger partial charge in [-0.25, -0.2) is 4.98 Å². The second-order valence-electron chi connectivity index (χ2n) is 6.64. The molecule has 5 aromatic rings. The van der Waals surface area contributed by atoms with Crippen LogP contribution in [0.15, 0.2) is 58.2 Å². The lowest BCUT2D eigenvalue weighted by molar-refractivity contribution is 0.391. The standard InChI is InChI=1S/C21H18N6OS/c1-3-27-16-11-7-6-10-15(16)18-20(27)23-21(25-24-18)29-12-17-22-19(26-28-17)14-9-5-4-8-13(14)2/h4-11H,3,12H2,1-2H3. The van der Waals surface area contributed by atoms with Crippen LogP contribution in [-0.4, -0.2) is 29.9 Å². The molecule has 3 aromatic heterocycles. The highest BCUT2D eigenvalue weighted by Crippen LogP contribution is 2.28. The number of aryl methyl sites for hydroxylation is 2. The summed E-state index contributed by atoms with van der Waals surface area (Å²) >= 11 is 1.44. The molecule has 0 aliphatic heterocycles. The molecule has 0 aliphatic rings. The minimum atomic E-state index is 0.485. The number of nitrogens with zero attached hydrogens (tertiary/aromatic N) is 6. The minimum Gasteiger partial charge on any atom is -0.338 e. The van der Waals surface area contributed by atoms with E-state index in [-0.39, 0.29) is 0 Å². The van der Waals surface area contributed by atoms with Crippen LogP contribution >= 0.6 is 11.8 Å². The number of fused-ring (bicyclic) bond motifs is 3. The molecular weight excluding hydrogens is 384 g/mol. The highest BCUT2D eigenvalue weighted by Gasteiger charge is 2.15. The lowest BCUT2D eigenvalue weighted by atomic mass is 10.1. The van der Waals surface area contributed by atoms with E-state index in [2.05, 4.69) is 44.0 Å². The molecule has 2 aromatic carbocycles. The Hall–Kier alpha value is -3.26. The van der Waals surface area contributed by atoms with Gasteiger partial charge in [0.2, 0.25) is 16.9 Å². The van der Waals surface area contributed by atoms with E-state index in [1.165, 1.54) is 11.8 Å². The fourth-order valence-electron chi connectivity index (χ4n) is 3.44. The predicted molar refractivity (Wildman–Crippen MR) is 113 cm³/mol. The molecule has 0 spiro atoms. The van der Waals surface area contributed by atoms with Gasteiger partial charge >= 0.3 is 0 Å². The molecule has 0 unspecified atom stereocenters. The second-order valence-corrected chi connectivity index (χ2v) is 7.59. The van der Waals surface area contributed by atoms with Gasteiger partial charge in [-0.15, -0.1) is 10.2 Å². The molecule has 0 saturated heterocycles. The molecule has 0 aliphatic carbocycles. The van der Waals surface area contributed by atoms with E-state index in [0.29, 0.717) is 22.6 Å². The van der Waals surface area contributed by atoms with Crippen molar-refractivity contribution in [2.75, 3.05) is 0 Å². The van der Waals surface area contributed by atoms with E-state index in [9.17, 15) is 0 Å². The van der Waals surface area contributed by atoms with Gasteiger partial charge in [0.15, 0.2) is 5.65 Å².